The molecule has 0 aliphatic carbocycles. The Hall–Kier alpha value is -2.07. The van der Waals surface area contributed by atoms with E-state index in [0.29, 0.717) is 4.90 Å². The largest absolute Gasteiger partial charge is 0.481 e. The molecule has 0 radical (unpaired) electrons. The van der Waals surface area contributed by atoms with Gasteiger partial charge in [-0.05, 0) is 12.1 Å². The lowest BCUT2D eigenvalue weighted by Crippen LogP contribution is -1.97. The predicted octanol–water partition coefficient (Wildman–Crippen LogP) is 2.03. The van der Waals surface area contributed by atoms with Crippen LogP contribution in [-0.4, -0.2) is 21.8 Å². The van der Waals surface area contributed by atoms with Gasteiger partial charge in [0.15, 0.2) is 0 Å². The fraction of sp³-hybridized carbons (Fsp3) is 0.200. The van der Waals surface area contributed by atoms with Gasteiger partial charge in [-0.3, -0.25) is 14.9 Å². The fourth-order valence-electron chi connectivity index (χ4n) is 1.10. The van der Waals surface area contributed by atoms with Gasteiger partial charge in [0.05, 0.1) is 27.9 Å². The second-order valence-electron chi connectivity index (χ2n) is 3.04. The molecule has 0 amide bonds. The first-order valence-electron chi connectivity index (χ1n) is 4.57. The van der Waals surface area contributed by atoms with E-state index in [9.17, 15) is 14.9 Å². The minimum absolute atomic E-state index is 0.0676. The third-order valence-corrected chi connectivity index (χ3v) is 2.92. The first-order valence-corrected chi connectivity index (χ1v) is 5.56. The van der Waals surface area contributed by atoms with E-state index in [4.69, 9.17) is 10.4 Å². The normalized spacial score (nSPS) is 9.59. The molecule has 1 N–H and O–H groups in total. The first kappa shape index (κ1) is 13.0. The Balaban J connectivity index is 2.88. The van der Waals surface area contributed by atoms with Crippen molar-refractivity contribution in [1.82, 2.24) is 0 Å². The van der Waals surface area contributed by atoms with Crippen molar-refractivity contribution in [2.24, 2.45) is 0 Å². The first-order chi connectivity index (χ1) is 8.04. The van der Waals surface area contributed by atoms with E-state index in [0.717, 1.165) is 11.8 Å². The lowest BCUT2D eigenvalue weighted by Gasteiger charge is -2.01. The highest BCUT2D eigenvalue weighted by Crippen LogP contribution is 2.30. The fourth-order valence-corrected chi connectivity index (χ4v) is 2.04. The second-order valence-corrected chi connectivity index (χ2v) is 4.18. The van der Waals surface area contributed by atoms with Crippen LogP contribution >= 0.6 is 11.8 Å². The molecule has 0 fully saturated rings. The second kappa shape index (κ2) is 5.86. The molecule has 1 aromatic carbocycles. The standard InChI is InChI=1S/C10H8N2O4S/c11-6-7-1-2-9(8(5-7)12(15)16)17-4-3-10(13)14/h1-2,5H,3-4H2,(H,13,14). The number of aliphatic carboxylic acids is 1. The van der Waals surface area contributed by atoms with Crippen molar-refractivity contribution >= 4 is 23.4 Å². The van der Waals surface area contributed by atoms with Crippen LogP contribution in [-0.2, 0) is 4.79 Å². The molecule has 6 nitrogen and oxygen atoms in total. The zero-order valence-electron chi connectivity index (χ0n) is 8.62. The molecular weight excluding hydrogens is 244 g/mol. The van der Waals surface area contributed by atoms with Crippen molar-refractivity contribution in [3.8, 4) is 6.07 Å². The number of benzene rings is 1. The van der Waals surface area contributed by atoms with Crippen LogP contribution in [0.3, 0.4) is 0 Å². The Morgan fingerprint density at radius 1 is 1.59 bits per heavy atom. The van der Waals surface area contributed by atoms with Crippen LogP contribution in [0.25, 0.3) is 0 Å². The predicted molar refractivity (Wildman–Crippen MR) is 60.8 cm³/mol. The zero-order valence-corrected chi connectivity index (χ0v) is 9.44. The number of nitro benzene ring substituents is 1. The van der Waals surface area contributed by atoms with Crippen LogP contribution in [0.4, 0.5) is 5.69 Å². The molecule has 0 heterocycles. The number of thioether (sulfide) groups is 1. The summed E-state index contributed by atoms with van der Waals surface area (Å²) in [5.41, 5.74) is 0.0405. The van der Waals surface area contributed by atoms with Crippen molar-refractivity contribution < 1.29 is 14.8 Å². The molecule has 0 aliphatic rings. The van der Waals surface area contributed by atoms with E-state index in [-0.39, 0.29) is 23.4 Å². The molecule has 0 spiro atoms. The number of carbonyl (C=O) groups is 1. The molecule has 1 aromatic rings. The highest BCUT2D eigenvalue weighted by atomic mass is 32.2. The highest BCUT2D eigenvalue weighted by molar-refractivity contribution is 7.99. The van der Waals surface area contributed by atoms with E-state index < -0.39 is 10.9 Å². The van der Waals surface area contributed by atoms with Crippen LogP contribution in [0.1, 0.15) is 12.0 Å². The summed E-state index contributed by atoms with van der Waals surface area (Å²) in [6.07, 6.45) is -0.0676. The Kier molecular flexibility index (Phi) is 4.48. The molecule has 7 heteroatoms. The van der Waals surface area contributed by atoms with Gasteiger partial charge in [-0.2, -0.15) is 5.26 Å². The van der Waals surface area contributed by atoms with Crippen LogP contribution < -0.4 is 0 Å². The van der Waals surface area contributed by atoms with Crippen LogP contribution in [0, 0.1) is 21.4 Å². The maximum Gasteiger partial charge on any atom is 0.304 e. The molecule has 88 valence electrons. The number of carboxylic acids is 1. The molecule has 0 bridgehead atoms. The van der Waals surface area contributed by atoms with Gasteiger partial charge in [0.25, 0.3) is 5.69 Å². The van der Waals surface area contributed by atoms with Gasteiger partial charge in [0.2, 0.25) is 0 Å². The lowest BCUT2D eigenvalue weighted by atomic mass is 10.2. The van der Waals surface area contributed by atoms with Gasteiger partial charge in [-0.25, -0.2) is 0 Å². The van der Waals surface area contributed by atoms with Gasteiger partial charge in [0.1, 0.15) is 0 Å². The van der Waals surface area contributed by atoms with Crippen LogP contribution in [0.5, 0.6) is 0 Å². The minimum atomic E-state index is -0.950. The molecule has 0 aromatic heterocycles. The molecule has 1 rings (SSSR count). The van der Waals surface area contributed by atoms with Crippen LogP contribution in [0.15, 0.2) is 23.1 Å². The van der Waals surface area contributed by atoms with E-state index >= 15 is 0 Å². The quantitative estimate of drug-likeness (QED) is 0.488. The SMILES string of the molecule is N#Cc1ccc(SCCC(=O)O)c([N+](=O)[O-])c1. The summed E-state index contributed by atoms with van der Waals surface area (Å²) in [4.78, 5) is 20.9. The summed E-state index contributed by atoms with van der Waals surface area (Å²) in [7, 11) is 0. The number of nitrogens with zero attached hydrogens (tertiary/aromatic N) is 2. The number of hydrogen-bond donors (Lipinski definition) is 1. The van der Waals surface area contributed by atoms with Crippen molar-refractivity contribution in [2.45, 2.75) is 11.3 Å². The molecule has 0 aliphatic heterocycles. The molecule has 0 saturated carbocycles. The Morgan fingerprint density at radius 3 is 2.82 bits per heavy atom. The third-order valence-electron chi connectivity index (χ3n) is 1.86. The summed E-state index contributed by atoms with van der Waals surface area (Å²) in [5.74, 6) is -0.698. The average Bonchev–Trinajstić information content (AvgIpc) is 2.28. The van der Waals surface area contributed by atoms with Crippen molar-refractivity contribution in [2.75, 3.05) is 5.75 Å². The van der Waals surface area contributed by atoms with E-state index in [1.165, 1.54) is 18.2 Å². The van der Waals surface area contributed by atoms with Crippen molar-refractivity contribution in [3.63, 3.8) is 0 Å². The van der Waals surface area contributed by atoms with Gasteiger partial charge in [0, 0.05) is 11.8 Å². The van der Waals surface area contributed by atoms with E-state index in [1.807, 2.05) is 6.07 Å². The number of rotatable bonds is 5. The Morgan fingerprint density at radius 2 is 2.29 bits per heavy atom. The average molecular weight is 252 g/mol. The lowest BCUT2D eigenvalue weighted by molar-refractivity contribution is -0.387. The van der Waals surface area contributed by atoms with E-state index in [1.54, 1.807) is 0 Å². The summed E-state index contributed by atoms with van der Waals surface area (Å²) in [5, 5.41) is 27.8. The Labute approximate surface area is 101 Å². The molecule has 0 saturated heterocycles. The van der Waals surface area contributed by atoms with Gasteiger partial charge in [-0.1, -0.05) is 0 Å². The third kappa shape index (κ3) is 3.77. The zero-order chi connectivity index (χ0) is 12.8. The summed E-state index contributed by atoms with van der Waals surface area (Å²) in [6, 6.07) is 5.93. The van der Waals surface area contributed by atoms with E-state index in [2.05, 4.69) is 0 Å². The molecule has 17 heavy (non-hydrogen) atoms. The monoisotopic (exact) mass is 252 g/mol. The van der Waals surface area contributed by atoms with Crippen molar-refractivity contribution in [3.05, 3.63) is 33.9 Å². The van der Waals surface area contributed by atoms with Gasteiger partial charge < -0.3 is 5.11 Å². The molecule has 0 atom stereocenters. The number of nitro groups is 1. The maximum absolute atomic E-state index is 10.8. The smallest absolute Gasteiger partial charge is 0.304 e. The molecule has 0 unspecified atom stereocenters. The number of hydrogen-bond acceptors (Lipinski definition) is 5. The summed E-state index contributed by atoms with van der Waals surface area (Å²) >= 11 is 1.09. The minimum Gasteiger partial charge on any atom is -0.481 e. The van der Waals surface area contributed by atoms with Crippen LogP contribution in [0.2, 0.25) is 0 Å². The number of carboxylic acid groups (broad SMARTS) is 1. The maximum atomic E-state index is 10.8. The number of nitriles is 1. The van der Waals surface area contributed by atoms with Gasteiger partial charge in [-0.15, -0.1) is 11.8 Å². The highest BCUT2D eigenvalue weighted by Gasteiger charge is 2.15. The summed E-state index contributed by atoms with van der Waals surface area (Å²) in [6.45, 7) is 0. The van der Waals surface area contributed by atoms with Crippen molar-refractivity contribution in [1.29, 1.82) is 5.26 Å². The summed E-state index contributed by atoms with van der Waals surface area (Å²) < 4.78 is 0. The van der Waals surface area contributed by atoms with Gasteiger partial charge >= 0.3 is 5.97 Å². The Bertz CT molecular complexity index is 496. The topological polar surface area (TPSA) is 104 Å². The molecular formula is C10H8N2O4S.